The predicted octanol–water partition coefficient (Wildman–Crippen LogP) is 5.61. The number of halogens is 1. The molecular formula is C33H31FN2O5. The lowest BCUT2D eigenvalue weighted by molar-refractivity contribution is -0.142. The molecule has 0 amide bonds. The summed E-state index contributed by atoms with van der Waals surface area (Å²) in [6, 6.07) is 27.7. The van der Waals surface area contributed by atoms with Crippen molar-refractivity contribution in [2.75, 3.05) is 13.2 Å². The van der Waals surface area contributed by atoms with Crippen LogP contribution in [0.4, 0.5) is 4.39 Å². The van der Waals surface area contributed by atoms with Gasteiger partial charge in [-0.3, -0.25) is 4.79 Å². The molecule has 0 radical (unpaired) electrons. The number of carbonyl (C=O) groups is 1. The maximum atomic E-state index is 13.8. The smallest absolute Gasteiger partial charge is 0.310 e. The first-order valence-electron chi connectivity index (χ1n) is 13.1. The summed E-state index contributed by atoms with van der Waals surface area (Å²) in [5.74, 6) is -1.55. The van der Waals surface area contributed by atoms with Crippen molar-refractivity contribution in [2.24, 2.45) is 5.92 Å². The van der Waals surface area contributed by atoms with Crippen molar-refractivity contribution in [3.05, 3.63) is 119 Å². The molecule has 0 saturated heterocycles. The van der Waals surface area contributed by atoms with E-state index in [2.05, 4.69) is 30.4 Å². The third-order valence-corrected chi connectivity index (χ3v) is 6.79. The van der Waals surface area contributed by atoms with Gasteiger partial charge in [-0.2, -0.15) is 5.26 Å². The number of carboxylic acids is 1. The summed E-state index contributed by atoms with van der Waals surface area (Å²) in [7, 11) is 0. The number of ether oxygens (including phenoxy) is 2. The molecule has 0 aromatic heterocycles. The highest BCUT2D eigenvalue weighted by molar-refractivity contribution is 5.70. The minimum Gasteiger partial charge on any atom is -0.489 e. The van der Waals surface area contributed by atoms with Gasteiger partial charge in [0.15, 0.2) is 0 Å². The fourth-order valence-electron chi connectivity index (χ4n) is 4.36. The van der Waals surface area contributed by atoms with Crippen molar-refractivity contribution < 1.29 is 28.9 Å². The lowest BCUT2D eigenvalue weighted by Gasteiger charge is -2.17. The van der Waals surface area contributed by atoms with Gasteiger partial charge >= 0.3 is 5.97 Å². The van der Waals surface area contributed by atoms with Gasteiger partial charge in [-0.05, 0) is 52.9 Å². The molecule has 0 bridgehead atoms. The van der Waals surface area contributed by atoms with Crippen molar-refractivity contribution in [3.8, 4) is 28.7 Å². The monoisotopic (exact) mass is 554 g/mol. The molecule has 1 unspecified atom stereocenters. The minimum atomic E-state index is -1.09. The lowest BCUT2D eigenvalue weighted by atomic mass is 9.97. The van der Waals surface area contributed by atoms with Gasteiger partial charge in [0.2, 0.25) is 0 Å². The molecule has 0 aliphatic rings. The van der Waals surface area contributed by atoms with Crippen LogP contribution in [0.1, 0.15) is 27.8 Å². The average Bonchev–Trinajstić information content (AvgIpc) is 2.99. The van der Waals surface area contributed by atoms with E-state index in [1.54, 1.807) is 12.1 Å². The molecule has 8 heteroatoms. The highest BCUT2D eigenvalue weighted by Crippen LogP contribution is 2.29. The molecule has 41 heavy (non-hydrogen) atoms. The number of hydrogen-bond donors (Lipinski definition) is 3. The molecule has 0 saturated carbocycles. The van der Waals surface area contributed by atoms with E-state index in [4.69, 9.17) is 14.7 Å². The molecule has 4 rings (SSSR count). The third kappa shape index (κ3) is 7.70. The van der Waals surface area contributed by atoms with Crippen LogP contribution in [0.3, 0.4) is 0 Å². The van der Waals surface area contributed by atoms with E-state index >= 15 is 0 Å². The summed E-state index contributed by atoms with van der Waals surface area (Å²) in [6.45, 7) is 2.37. The van der Waals surface area contributed by atoms with Gasteiger partial charge in [0.1, 0.15) is 36.6 Å². The second-order valence-corrected chi connectivity index (χ2v) is 9.58. The second kappa shape index (κ2) is 14.1. The quantitative estimate of drug-likeness (QED) is 0.197. The first-order chi connectivity index (χ1) is 19.9. The van der Waals surface area contributed by atoms with Gasteiger partial charge < -0.3 is 25.0 Å². The summed E-state index contributed by atoms with van der Waals surface area (Å²) in [5.41, 5.74) is 5.72. The zero-order valence-electron chi connectivity index (χ0n) is 22.6. The highest BCUT2D eigenvalue weighted by atomic mass is 19.1. The Morgan fingerprint density at radius 3 is 2.51 bits per heavy atom. The van der Waals surface area contributed by atoms with E-state index in [-0.39, 0.29) is 25.3 Å². The number of aliphatic hydroxyl groups excluding tert-OH is 1. The van der Waals surface area contributed by atoms with Crippen molar-refractivity contribution in [2.45, 2.75) is 26.7 Å². The second-order valence-electron chi connectivity index (χ2n) is 9.58. The number of nitriles is 1. The molecule has 0 spiro atoms. The van der Waals surface area contributed by atoms with Crippen LogP contribution in [0.5, 0.6) is 11.5 Å². The molecule has 3 N–H and O–H groups in total. The Hall–Kier alpha value is -4.71. The molecule has 0 fully saturated rings. The van der Waals surface area contributed by atoms with Gasteiger partial charge in [-0.1, -0.05) is 60.7 Å². The van der Waals surface area contributed by atoms with Crippen molar-refractivity contribution in [3.63, 3.8) is 0 Å². The Balaban J connectivity index is 1.52. The predicted molar refractivity (Wildman–Crippen MR) is 153 cm³/mol. The maximum Gasteiger partial charge on any atom is 0.310 e. The lowest BCUT2D eigenvalue weighted by Crippen LogP contribution is -2.30. The number of benzene rings is 4. The number of rotatable bonds is 13. The summed E-state index contributed by atoms with van der Waals surface area (Å²) >= 11 is 0. The van der Waals surface area contributed by atoms with E-state index in [0.717, 1.165) is 27.8 Å². The van der Waals surface area contributed by atoms with Crippen LogP contribution in [0.2, 0.25) is 0 Å². The summed E-state index contributed by atoms with van der Waals surface area (Å²) in [4.78, 5) is 11.2. The Morgan fingerprint density at radius 1 is 0.976 bits per heavy atom. The van der Waals surface area contributed by atoms with E-state index < -0.39 is 24.3 Å². The van der Waals surface area contributed by atoms with E-state index in [1.165, 1.54) is 12.1 Å². The zero-order chi connectivity index (χ0) is 29.2. The zero-order valence-corrected chi connectivity index (χ0v) is 22.6. The molecule has 210 valence electrons. The number of nitrogens with one attached hydrogen (secondary N) is 1. The van der Waals surface area contributed by atoms with Crippen LogP contribution in [-0.4, -0.2) is 29.3 Å². The topological polar surface area (TPSA) is 112 Å². The van der Waals surface area contributed by atoms with Crippen LogP contribution in [0.15, 0.2) is 84.9 Å². The number of aliphatic carboxylic acids is 1. The molecule has 4 aromatic carbocycles. The Kier molecular flexibility index (Phi) is 10.1. The van der Waals surface area contributed by atoms with Crippen molar-refractivity contribution >= 4 is 5.97 Å². The molecule has 0 aliphatic carbocycles. The fraction of sp³-hybridized carbons (Fsp3) is 0.212. The summed E-state index contributed by atoms with van der Waals surface area (Å²) in [6.07, 6.45) is 0. The Morgan fingerprint density at radius 2 is 1.78 bits per heavy atom. The van der Waals surface area contributed by atoms with Crippen LogP contribution in [0.25, 0.3) is 11.1 Å². The summed E-state index contributed by atoms with van der Waals surface area (Å²) in [5, 5.41) is 30.7. The average molecular weight is 555 g/mol. The van der Waals surface area contributed by atoms with Crippen LogP contribution < -0.4 is 14.8 Å². The van der Waals surface area contributed by atoms with Gasteiger partial charge in [0.05, 0.1) is 18.1 Å². The van der Waals surface area contributed by atoms with Crippen LogP contribution in [-0.2, 0) is 24.6 Å². The maximum absolute atomic E-state index is 13.8. The molecule has 7 nitrogen and oxygen atoms in total. The SMILES string of the molecule is Cc1c(COc2ccc(CNCC(CO)C(=O)O)c(OCc3ccc(F)c(C#N)c3)c2)cccc1-c1ccccc1. The fourth-order valence-corrected chi connectivity index (χ4v) is 4.36. The number of nitrogens with zero attached hydrogens (tertiary/aromatic N) is 1. The molecule has 4 aromatic rings. The number of hydrogen-bond acceptors (Lipinski definition) is 6. The normalized spacial score (nSPS) is 11.5. The molecular weight excluding hydrogens is 523 g/mol. The first kappa shape index (κ1) is 29.3. The van der Waals surface area contributed by atoms with Crippen LogP contribution in [0, 0.1) is 30.0 Å². The van der Waals surface area contributed by atoms with Crippen molar-refractivity contribution in [1.29, 1.82) is 5.26 Å². The van der Waals surface area contributed by atoms with E-state index in [1.807, 2.05) is 48.5 Å². The van der Waals surface area contributed by atoms with Gasteiger partial charge in [-0.25, -0.2) is 4.39 Å². The van der Waals surface area contributed by atoms with Gasteiger partial charge in [-0.15, -0.1) is 0 Å². The summed E-state index contributed by atoms with van der Waals surface area (Å²) < 4.78 is 26.0. The molecule has 0 heterocycles. The number of aliphatic hydroxyl groups is 1. The Bertz CT molecular complexity index is 1530. The van der Waals surface area contributed by atoms with E-state index in [9.17, 15) is 19.4 Å². The highest BCUT2D eigenvalue weighted by Gasteiger charge is 2.16. The van der Waals surface area contributed by atoms with E-state index in [0.29, 0.717) is 23.7 Å². The Labute approximate surface area is 238 Å². The largest absolute Gasteiger partial charge is 0.489 e. The standard InChI is InChI=1S/C33H31FN2O5/c1-22-26(8-5-9-30(22)24-6-3-2-4-7-24)21-40-29-12-11-25(17-36-18-28(19-37)33(38)39)32(15-29)41-20-23-10-13-31(34)27(14-23)16-35/h2-15,28,36-37H,17-21H2,1H3,(H,38,39). The third-order valence-electron chi connectivity index (χ3n) is 6.79. The van der Waals surface area contributed by atoms with Gasteiger partial charge in [0, 0.05) is 24.7 Å². The minimum absolute atomic E-state index is 0.0677. The molecule has 1 atom stereocenters. The van der Waals surface area contributed by atoms with Crippen molar-refractivity contribution in [1.82, 2.24) is 5.32 Å². The van der Waals surface area contributed by atoms with Crippen LogP contribution >= 0.6 is 0 Å². The van der Waals surface area contributed by atoms with Gasteiger partial charge in [0.25, 0.3) is 0 Å². The first-order valence-corrected chi connectivity index (χ1v) is 13.1. The number of carboxylic acid groups (broad SMARTS) is 1. The molecule has 0 aliphatic heterocycles.